The highest BCUT2D eigenvalue weighted by Crippen LogP contribution is 2.46. The smallest absolute Gasteiger partial charge is 0.416 e. The topological polar surface area (TPSA) is 9.23 Å². The van der Waals surface area contributed by atoms with Gasteiger partial charge in [-0.25, -0.2) is 0 Å². The standard InChI is InChI=1S/C38H23F3O/c1-42-29-20-25-12-10-23-18-27(19-24-11-13-26(21-29)35(25)34(23)24)37-32-8-4-2-6-30(32)36(31-7-3-5-9-33(31)37)22-14-16-28(17-15-22)38(39,40)41/h2-21H,1H3. The summed E-state index contributed by atoms with van der Waals surface area (Å²) in [5.41, 5.74) is 3.26. The van der Waals surface area contributed by atoms with Gasteiger partial charge in [0, 0.05) is 0 Å². The van der Waals surface area contributed by atoms with Crippen LogP contribution in [0.4, 0.5) is 13.2 Å². The van der Waals surface area contributed by atoms with E-state index in [0.29, 0.717) is 0 Å². The number of ether oxygens (including phenoxy) is 1. The number of alkyl halides is 3. The van der Waals surface area contributed by atoms with Crippen LogP contribution in [0.1, 0.15) is 5.56 Å². The van der Waals surface area contributed by atoms with Gasteiger partial charge in [0.1, 0.15) is 5.75 Å². The average molecular weight is 553 g/mol. The minimum atomic E-state index is -4.38. The summed E-state index contributed by atoms with van der Waals surface area (Å²) in [5, 5.41) is 11.2. The molecular weight excluding hydrogens is 529 g/mol. The van der Waals surface area contributed by atoms with Gasteiger partial charge in [-0.1, -0.05) is 84.9 Å². The third-order valence-corrected chi connectivity index (χ3v) is 8.46. The van der Waals surface area contributed by atoms with Crippen molar-refractivity contribution in [2.75, 3.05) is 7.11 Å². The minimum absolute atomic E-state index is 0.649. The van der Waals surface area contributed by atoms with Gasteiger partial charge in [-0.15, -0.1) is 0 Å². The maximum Gasteiger partial charge on any atom is 0.416 e. The molecule has 0 saturated carbocycles. The largest absolute Gasteiger partial charge is 0.497 e. The lowest BCUT2D eigenvalue weighted by Gasteiger charge is -2.19. The highest BCUT2D eigenvalue weighted by Gasteiger charge is 2.30. The Bertz CT molecular complexity index is 2190. The third-order valence-electron chi connectivity index (χ3n) is 8.46. The van der Waals surface area contributed by atoms with E-state index in [4.69, 9.17) is 4.74 Å². The maximum absolute atomic E-state index is 13.4. The van der Waals surface area contributed by atoms with E-state index in [2.05, 4.69) is 72.8 Å². The molecule has 0 aliphatic heterocycles. The van der Waals surface area contributed by atoms with Crippen molar-refractivity contribution in [2.24, 2.45) is 0 Å². The SMILES string of the molecule is COc1cc2ccc3cc(-c4c5ccccc5c(-c5ccc(C(F)(F)F)cc5)c5ccccc45)cc4ccc(c1)c2c34. The van der Waals surface area contributed by atoms with Crippen molar-refractivity contribution in [1.29, 1.82) is 0 Å². The Morgan fingerprint density at radius 2 is 0.881 bits per heavy atom. The van der Waals surface area contributed by atoms with Crippen molar-refractivity contribution in [1.82, 2.24) is 0 Å². The van der Waals surface area contributed by atoms with E-state index in [1.54, 1.807) is 19.2 Å². The van der Waals surface area contributed by atoms with Gasteiger partial charge >= 0.3 is 6.18 Å². The zero-order valence-electron chi connectivity index (χ0n) is 22.6. The first-order valence-corrected chi connectivity index (χ1v) is 13.8. The molecule has 0 unspecified atom stereocenters. The van der Waals surface area contributed by atoms with Crippen LogP contribution in [0.5, 0.6) is 5.75 Å². The normalized spacial score (nSPS) is 12.3. The fraction of sp³-hybridized carbons (Fsp3) is 0.0526. The van der Waals surface area contributed by atoms with Crippen molar-refractivity contribution in [3.05, 3.63) is 127 Å². The Balaban J connectivity index is 1.43. The number of benzene rings is 8. The van der Waals surface area contributed by atoms with E-state index in [1.807, 2.05) is 24.3 Å². The van der Waals surface area contributed by atoms with Gasteiger partial charge in [0.2, 0.25) is 0 Å². The van der Waals surface area contributed by atoms with Crippen molar-refractivity contribution in [2.45, 2.75) is 6.18 Å². The second-order valence-electron chi connectivity index (χ2n) is 10.8. The molecule has 1 nitrogen and oxygen atoms in total. The molecule has 0 saturated heterocycles. The van der Waals surface area contributed by atoms with Gasteiger partial charge in [0.15, 0.2) is 0 Å². The van der Waals surface area contributed by atoms with Gasteiger partial charge in [-0.3, -0.25) is 0 Å². The molecule has 42 heavy (non-hydrogen) atoms. The Hall–Kier alpha value is -5.09. The summed E-state index contributed by atoms with van der Waals surface area (Å²) < 4.78 is 45.6. The van der Waals surface area contributed by atoms with Crippen LogP contribution < -0.4 is 4.74 Å². The van der Waals surface area contributed by atoms with E-state index >= 15 is 0 Å². The lowest BCUT2D eigenvalue weighted by Crippen LogP contribution is -2.04. The van der Waals surface area contributed by atoms with E-state index in [9.17, 15) is 13.2 Å². The molecule has 0 heterocycles. The molecule has 0 spiro atoms. The van der Waals surface area contributed by atoms with Gasteiger partial charge in [-0.05, 0) is 113 Å². The van der Waals surface area contributed by atoms with Crippen LogP contribution in [-0.4, -0.2) is 7.11 Å². The average Bonchev–Trinajstić information content (AvgIpc) is 3.01. The zero-order chi connectivity index (χ0) is 28.6. The minimum Gasteiger partial charge on any atom is -0.497 e. The van der Waals surface area contributed by atoms with E-state index in [0.717, 1.165) is 71.1 Å². The van der Waals surface area contributed by atoms with Crippen LogP contribution in [0, 0.1) is 0 Å². The summed E-state index contributed by atoms with van der Waals surface area (Å²) in [5.74, 6) is 0.840. The lowest BCUT2D eigenvalue weighted by atomic mass is 9.84. The molecule has 4 heteroatoms. The number of hydrogen-bond donors (Lipinski definition) is 0. The Kier molecular flexibility index (Phi) is 5.26. The summed E-state index contributed by atoms with van der Waals surface area (Å²) >= 11 is 0. The molecule has 0 amide bonds. The van der Waals surface area contributed by atoms with Crippen molar-refractivity contribution >= 4 is 53.9 Å². The molecule has 0 atom stereocenters. The molecule has 0 aliphatic carbocycles. The molecule has 0 aromatic heterocycles. The van der Waals surface area contributed by atoms with E-state index < -0.39 is 11.7 Å². The number of halogens is 3. The highest BCUT2D eigenvalue weighted by molar-refractivity contribution is 6.26. The predicted octanol–water partition coefficient (Wildman–Crippen LogP) is 11.3. The number of methoxy groups -OCH3 is 1. The molecule has 8 aromatic carbocycles. The first-order chi connectivity index (χ1) is 20.4. The number of rotatable bonds is 3. The number of hydrogen-bond acceptors (Lipinski definition) is 1. The van der Waals surface area contributed by atoms with Crippen molar-refractivity contribution < 1.29 is 17.9 Å². The molecule has 8 rings (SSSR count). The highest BCUT2D eigenvalue weighted by atomic mass is 19.4. The summed E-state index contributed by atoms with van der Waals surface area (Å²) in [6.45, 7) is 0. The quantitative estimate of drug-likeness (QED) is 0.156. The van der Waals surface area contributed by atoms with Crippen LogP contribution in [-0.2, 0) is 6.18 Å². The molecule has 0 N–H and O–H groups in total. The first kappa shape index (κ1) is 24.7. The van der Waals surface area contributed by atoms with Crippen LogP contribution in [0.2, 0.25) is 0 Å². The third kappa shape index (κ3) is 3.65. The fourth-order valence-corrected chi connectivity index (χ4v) is 6.65. The van der Waals surface area contributed by atoms with Crippen molar-refractivity contribution in [3.63, 3.8) is 0 Å². The molecule has 0 bridgehead atoms. The molecule has 0 fully saturated rings. The summed E-state index contributed by atoms with van der Waals surface area (Å²) in [6, 6.07) is 39.2. The Morgan fingerprint density at radius 3 is 1.29 bits per heavy atom. The van der Waals surface area contributed by atoms with Crippen LogP contribution in [0.3, 0.4) is 0 Å². The zero-order valence-corrected chi connectivity index (χ0v) is 22.6. The monoisotopic (exact) mass is 552 g/mol. The van der Waals surface area contributed by atoms with Crippen LogP contribution in [0.15, 0.2) is 121 Å². The van der Waals surface area contributed by atoms with Gasteiger partial charge in [0.25, 0.3) is 0 Å². The van der Waals surface area contributed by atoms with Gasteiger partial charge in [0.05, 0.1) is 12.7 Å². The van der Waals surface area contributed by atoms with Gasteiger partial charge in [-0.2, -0.15) is 13.2 Å². The molecule has 0 aliphatic rings. The van der Waals surface area contributed by atoms with Gasteiger partial charge < -0.3 is 4.74 Å². The van der Waals surface area contributed by atoms with Crippen LogP contribution >= 0.6 is 0 Å². The second-order valence-corrected chi connectivity index (χ2v) is 10.8. The predicted molar refractivity (Wildman–Crippen MR) is 168 cm³/mol. The van der Waals surface area contributed by atoms with E-state index in [1.165, 1.54) is 22.9 Å². The molecule has 0 radical (unpaired) electrons. The van der Waals surface area contributed by atoms with E-state index in [-0.39, 0.29) is 0 Å². The first-order valence-electron chi connectivity index (χ1n) is 13.8. The van der Waals surface area contributed by atoms with Crippen molar-refractivity contribution in [3.8, 4) is 28.0 Å². The molecule has 8 aromatic rings. The summed E-state index contributed by atoms with van der Waals surface area (Å²) in [4.78, 5) is 0. The summed E-state index contributed by atoms with van der Waals surface area (Å²) in [7, 11) is 1.69. The lowest BCUT2D eigenvalue weighted by molar-refractivity contribution is -0.137. The second kappa shape index (κ2) is 8.95. The Morgan fingerprint density at radius 1 is 0.476 bits per heavy atom. The summed E-state index contributed by atoms with van der Waals surface area (Å²) in [6.07, 6.45) is -4.38. The number of fused-ring (bicyclic) bond motifs is 2. The Labute approximate surface area is 239 Å². The molecule has 202 valence electrons. The fourth-order valence-electron chi connectivity index (χ4n) is 6.65. The molecular formula is C38H23F3O. The maximum atomic E-state index is 13.4. The van der Waals surface area contributed by atoms with Crippen LogP contribution in [0.25, 0.3) is 76.1 Å².